The molecule has 2 N–H and O–H groups in total. The monoisotopic (exact) mass is 260 g/mol. The molecule has 2 heterocycles. The van der Waals surface area contributed by atoms with Gasteiger partial charge in [0, 0.05) is 12.5 Å². The van der Waals surface area contributed by atoms with Gasteiger partial charge < -0.3 is 10.6 Å². The van der Waals surface area contributed by atoms with Crippen molar-refractivity contribution in [1.82, 2.24) is 15.5 Å². The van der Waals surface area contributed by atoms with Crippen molar-refractivity contribution in [3.8, 4) is 0 Å². The summed E-state index contributed by atoms with van der Waals surface area (Å²) >= 11 is 0. The van der Waals surface area contributed by atoms with Gasteiger partial charge in [-0.15, -0.1) is 5.10 Å². The number of hydrogen-bond acceptors (Lipinski definition) is 4. The number of nitrogens with one attached hydrogen (secondary N) is 2. The van der Waals surface area contributed by atoms with E-state index < -0.39 is 0 Å². The van der Waals surface area contributed by atoms with Crippen molar-refractivity contribution in [3.63, 3.8) is 0 Å². The van der Waals surface area contributed by atoms with Crippen LogP contribution in [0.2, 0.25) is 0 Å². The third kappa shape index (κ3) is 3.44. The van der Waals surface area contributed by atoms with E-state index in [4.69, 9.17) is 0 Å². The fraction of sp³-hybridized carbons (Fsp3) is 0.733. The standard InChI is InChI=1S/C15H24N4/c1-2-4-13(5-3-1)14-6-7-15(19-18-14)17-11-12-8-9-16-10-12/h6-7,12-13,16H,1-5,8-11H2,(H,17,19). The summed E-state index contributed by atoms with van der Waals surface area (Å²) in [6.45, 7) is 3.28. The minimum Gasteiger partial charge on any atom is -0.368 e. The molecule has 1 saturated carbocycles. The van der Waals surface area contributed by atoms with E-state index in [0.29, 0.717) is 5.92 Å². The number of hydrogen-bond donors (Lipinski definition) is 2. The van der Waals surface area contributed by atoms with E-state index in [1.54, 1.807) is 0 Å². The molecule has 1 aliphatic carbocycles. The van der Waals surface area contributed by atoms with Gasteiger partial charge in [0.15, 0.2) is 0 Å². The molecule has 1 saturated heterocycles. The van der Waals surface area contributed by atoms with Crippen LogP contribution in [0, 0.1) is 5.92 Å². The van der Waals surface area contributed by atoms with E-state index in [1.807, 2.05) is 0 Å². The van der Waals surface area contributed by atoms with Crippen LogP contribution in [-0.2, 0) is 0 Å². The second kappa shape index (κ2) is 6.33. The topological polar surface area (TPSA) is 49.8 Å². The Hall–Kier alpha value is -1.16. The summed E-state index contributed by atoms with van der Waals surface area (Å²) in [6, 6.07) is 4.26. The normalized spacial score (nSPS) is 24.5. The second-order valence-electron chi connectivity index (χ2n) is 5.92. The highest BCUT2D eigenvalue weighted by Crippen LogP contribution is 2.31. The zero-order valence-electron chi connectivity index (χ0n) is 11.6. The fourth-order valence-corrected chi connectivity index (χ4v) is 3.19. The van der Waals surface area contributed by atoms with Gasteiger partial charge in [-0.3, -0.25) is 0 Å². The van der Waals surface area contributed by atoms with Crippen molar-refractivity contribution < 1.29 is 0 Å². The van der Waals surface area contributed by atoms with E-state index in [-0.39, 0.29) is 0 Å². The molecular weight excluding hydrogens is 236 g/mol. The summed E-state index contributed by atoms with van der Waals surface area (Å²) in [7, 11) is 0. The lowest BCUT2D eigenvalue weighted by Crippen LogP contribution is -2.18. The zero-order chi connectivity index (χ0) is 12.9. The molecule has 4 nitrogen and oxygen atoms in total. The van der Waals surface area contributed by atoms with Gasteiger partial charge in [-0.25, -0.2) is 0 Å². The van der Waals surface area contributed by atoms with Crippen molar-refractivity contribution in [2.75, 3.05) is 25.0 Å². The first-order chi connectivity index (χ1) is 9.42. The van der Waals surface area contributed by atoms with Gasteiger partial charge in [0.25, 0.3) is 0 Å². The van der Waals surface area contributed by atoms with Gasteiger partial charge >= 0.3 is 0 Å². The van der Waals surface area contributed by atoms with E-state index in [2.05, 4.69) is 33.0 Å². The van der Waals surface area contributed by atoms with E-state index in [0.717, 1.165) is 31.4 Å². The number of aromatic nitrogens is 2. The molecule has 1 aliphatic heterocycles. The molecule has 0 bridgehead atoms. The fourth-order valence-electron chi connectivity index (χ4n) is 3.19. The highest BCUT2D eigenvalue weighted by Gasteiger charge is 2.17. The van der Waals surface area contributed by atoms with Crippen LogP contribution >= 0.6 is 0 Å². The second-order valence-corrected chi connectivity index (χ2v) is 5.92. The molecule has 3 rings (SSSR count). The van der Waals surface area contributed by atoms with E-state index >= 15 is 0 Å². The highest BCUT2D eigenvalue weighted by molar-refractivity contribution is 5.33. The average Bonchev–Trinajstić information content (AvgIpc) is 3.00. The smallest absolute Gasteiger partial charge is 0.148 e. The minimum atomic E-state index is 0.648. The van der Waals surface area contributed by atoms with Crippen molar-refractivity contribution in [2.45, 2.75) is 44.4 Å². The maximum Gasteiger partial charge on any atom is 0.148 e. The molecule has 1 atom stereocenters. The highest BCUT2D eigenvalue weighted by atomic mass is 15.2. The first kappa shape index (κ1) is 12.9. The predicted molar refractivity (Wildman–Crippen MR) is 77.3 cm³/mol. The molecule has 104 valence electrons. The molecule has 0 radical (unpaired) electrons. The van der Waals surface area contributed by atoms with Gasteiger partial charge in [-0.2, -0.15) is 5.10 Å². The molecule has 2 aliphatic rings. The molecule has 0 amide bonds. The molecule has 19 heavy (non-hydrogen) atoms. The maximum atomic E-state index is 4.42. The average molecular weight is 260 g/mol. The van der Waals surface area contributed by atoms with Crippen LogP contribution in [0.4, 0.5) is 5.82 Å². The summed E-state index contributed by atoms with van der Waals surface area (Å²) in [4.78, 5) is 0. The van der Waals surface area contributed by atoms with Crippen molar-refractivity contribution >= 4 is 5.82 Å². The zero-order valence-corrected chi connectivity index (χ0v) is 11.6. The molecule has 1 unspecified atom stereocenters. The summed E-state index contributed by atoms with van der Waals surface area (Å²) < 4.78 is 0. The molecule has 0 spiro atoms. The van der Waals surface area contributed by atoms with Gasteiger partial charge in [0.05, 0.1) is 5.69 Å². The third-order valence-electron chi connectivity index (χ3n) is 4.44. The molecule has 2 fully saturated rings. The van der Waals surface area contributed by atoms with Gasteiger partial charge in [-0.05, 0) is 50.4 Å². The lowest BCUT2D eigenvalue weighted by Gasteiger charge is -2.20. The van der Waals surface area contributed by atoms with Crippen LogP contribution < -0.4 is 10.6 Å². The minimum absolute atomic E-state index is 0.648. The van der Waals surface area contributed by atoms with Crippen LogP contribution in [0.1, 0.15) is 50.1 Å². The molecule has 1 aromatic rings. The quantitative estimate of drug-likeness (QED) is 0.873. The Kier molecular flexibility index (Phi) is 4.28. The SMILES string of the molecule is c1cc(C2CCCCC2)nnc1NCC1CCNC1. The molecule has 1 aromatic heterocycles. The molecule has 4 heteroatoms. The van der Waals surface area contributed by atoms with Gasteiger partial charge in [0.2, 0.25) is 0 Å². The van der Waals surface area contributed by atoms with Crippen molar-refractivity contribution in [3.05, 3.63) is 17.8 Å². The molecule has 0 aromatic carbocycles. The number of rotatable bonds is 4. The number of nitrogens with zero attached hydrogens (tertiary/aromatic N) is 2. The van der Waals surface area contributed by atoms with Crippen LogP contribution in [-0.4, -0.2) is 29.8 Å². The van der Waals surface area contributed by atoms with E-state index in [9.17, 15) is 0 Å². The Morgan fingerprint density at radius 1 is 1.11 bits per heavy atom. The van der Waals surface area contributed by atoms with Crippen LogP contribution in [0.5, 0.6) is 0 Å². The van der Waals surface area contributed by atoms with Crippen molar-refractivity contribution in [1.29, 1.82) is 0 Å². The Bertz CT molecular complexity index is 378. The van der Waals surface area contributed by atoms with Gasteiger partial charge in [-0.1, -0.05) is 19.3 Å². The Morgan fingerprint density at radius 2 is 2.00 bits per heavy atom. The van der Waals surface area contributed by atoms with Crippen LogP contribution in [0.3, 0.4) is 0 Å². The molecular formula is C15H24N4. The first-order valence-corrected chi connectivity index (χ1v) is 7.70. The Labute approximate surface area is 115 Å². The maximum absolute atomic E-state index is 4.42. The van der Waals surface area contributed by atoms with Crippen LogP contribution in [0.25, 0.3) is 0 Å². The van der Waals surface area contributed by atoms with Gasteiger partial charge in [0.1, 0.15) is 5.82 Å². The van der Waals surface area contributed by atoms with E-state index in [1.165, 1.54) is 44.2 Å². The summed E-state index contributed by atoms with van der Waals surface area (Å²) in [5.41, 5.74) is 1.19. The number of anilines is 1. The third-order valence-corrected chi connectivity index (χ3v) is 4.44. The lowest BCUT2D eigenvalue weighted by atomic mass is 9.87. The Morgan fingerprint density at radius 3 is 2.68 bits per heavy atom. The van der Waals surface area contributed by atoms with Crippen molar-refractivity contribution in [2.24, 2.45) is 5.92 Å². The largest absolute Gasteiger partial charge is 0.368 e. The summed E-state index contributed by atoms with van der Waals surface area (Å²) in [6.07, 6.45) is 7.92. The first-order valence-electron chi connectivity index (χ1n) is 7.70. The summed E-state index contributed by atoms with van der Waals surface area (Å²) in [5.74, 6) is 2.31. The predicted octanol–water partition coefficient (Wildman–Crippen LogP) is 2.55. The Balaban J connectivity index is 1.52. The summed E-state index contributed by atoms with van der Waals surface area (Å²) in [5, 5.41) is 15.5. The lowest BCUT2D eigenvalue weighted by molar-refractivity contribution is 0.434. The van der Waals surface area contributed by atoms with Crippen LogP contribution in [0.15, 0.2) is 12.1 Å².